The Morgan fingerprint density at radius 1 is 1.19 bits per heavy atom. The van der Waals surface area contributed by atoms with Crippen molar-refractivity contribution in [2.24, 2.45) is 5.92 Å². The van der Waals surface area contributed by atoms with Crippen molar-refractivity contribution in [3.8, 4) is 0 Å². The van der Waals surface area contributed by atoms with E-state index >= 15 is 0 Å². The number of piperazine rings is 1. The summed E-state index contributed by atoms with van der Waals surface area (Å²) in [6, 6.07) is 0.0855. The van der Waals surface area contributed by atoms with E-state index in [0.29, 0.717) is 38.1 Å². The normalized spacial score (nSPS) is 24.8. The fraction of sp³-hybridized carbons (Fsp3) is 0.708. The second-order valence-electron chi connectivity index (χ2n) is 10.4. The van der Waals surface area contributed by atoms with Gasteiger partial charge >= 0.3 is 5.97 Å². The monoisotopic (exact) mass is 442 g/mol. The molecule has 0 bridgehead atoms. The molecule has 0 spiro atoms. The lowest BCUT2D eigenvalue weighted by Crippen LogP contribution is -2.57. The number of fused-ring (bicyclic) bond motifs is 1. The maximum absolute atomic E-state index is 12.8. The number of hydrogen-bond acceptors (Lipinski definition) is 7. The van der Waals surface area contributed by atoms with Gasteiger partial charge in [-0.3, -0.25) is 9.59 Å². The summed E-state index contributed by atoms with van der Waals surface area (Å²) in [6.45, 7) is 6.74. The number of amides is 1. The average Bonchev–Trinajstić information content (AvgIpc) is 3.66. The first-order valence-electron chi connectivity index (χ1n) is 11.8. The maximum Gasteiger partial charge on any atom is 0.315 e. The van der Waals surface area contributed by atoms with Crippen LogP contribution in [0.25, 0.3) is 0 Å². The Morgan fingerprint density at radius 3 is 2.59 bits per heavy atom. The lowest BCUT2D eigenvalue weighted by molar-refractivity contribution is -0.148. The van der Waals surface area contributed by atoms with Crippen LogP contribution in [0.4, 0.5) is 11.5 Å². The number of carbonyl (C=O) groups is 2. The van der Waals surface area contributed by atoms with Crippen molar-refractivity contribution in [2.75, 3.05) is 37.4 Å². The van der Waals surface area contributed by atoms with E-state index in [0.717, 1.165) is 36.5 Å². The van der Waals surface area contributed by atoms with Gasteiger partial charge in [0.05, 0.1) is 36.7 Å². The molecule has 0 unspecified atom stereocenters. The molecule has 4 aliphatic rings. The summed E-state index contributed by atoms with van der Waals surface area (Å²) in [5.41, 5.74) is 10.8. The molecule has 8 nitrogen and oxygen atoms in total. The zero-order chi connectivity index (χ0) is 22.6. The summed E-state index contributed by atoms with van der Waals surface area (Å²) in [5.74, 6) is 1.24. The molecule has 2 saturated carbocycles. The van der Waals surface area contributed by atoms with Crippen molar-refractivity contribution in [2.45, 2.75) is 76.5 Å². The van der Waals surface area contributed by atoms with Gasteiger partial charge in [-0.2, -0.15) is 0 Å². The number of nitrogens with two attached hydrogens (primary N) is 1. The third-order valence-electron chi connectivity index (χ3n) is 7.37. The van der Waals surface area contributed by atoms with E-state index < -0.39 is 5.97 Å². The molecule has 0 radical (unpaired) electrons. The molecule has 5 rings (SSSR count). The van der Waals surface area contributed by atoms with Gasteiger partial charge in [-0.05, 0) is 51.0 Å². The van der Waals surface area contributed by atoms with E-state index in [4.69, 9.17) is 20.2 Å². The van der Waals surface area contributed by atoms with Gasteiger partial charge in [-0.25, -0.2) is 4.98 Å². The smallest absolute Gasteiger partial charge is 0.315 e. The molecular weight excluding hydrogens is 408 g/mol. The molecule has 2 aliphatic carbocycles. The average molecular weight is 443 g/mol. The van der Waals surface area contributed by atoms with Crippen LogP contribution in [0, 0.1) is 5.92 Å². The first-order valence-corrected chi connectivity index (χ1v) is 11.8. The molecule has 3 heterocycles. The van der Waals surface area contributed by atoms with Crippen LogP contribution in [0.15, 0.2) is 0 Å². The predicted molar refractivity (Wildman–Crippen MR) is 120 cm³/mol. The zero-order valence-corrected chi connectivity index (χ0v) is 19.4. The second-order valence-corrected chi connectivity index (χ2v) is 10.4. The molecule has 2 aliphatic heterocycles. The zero-order valence-electron chi connectivity index (χ0n) is 19.4. The van der Waals surface area contributed by atoms with E-state index in [1.54, 1.807) is 0 Å². The van der Waals surface area contributed by atoms with Gasteiger partial charge in [0.15, 0.2) is 5.82 Å². The lowest BCUT2D eigenvalue weighted by Gasteiger charge is -2.43. The molecule has 2 N–H and O–H groups in total. The predicted octanol–water partition coefficient (Wildman–Crippen LogP) is 2.38. The third-order valence-corrected chi connectivity index (χ3v) is 7.37. The minimum atomic E-state index is -0.480. The Bertz CT molecular complexity index is 938. The summed E-state index contributed by atoms with van der Waals surface area (Å²) >= 11 is 0. The largest absolute Gasteiger partial charge is 0.469 e. The fourth-order valence-electron chi connectivity index (χ4n) is 5.23. The second kappa shape index (κ2) is 7.90. The van der Waals surface area contributed by atoms with E-state index in [2.05, 4.69) is 18.7 Å². The van der Waals surface area contributed by atoms with Crippen LogP contribution >= 0.6 is 0 Å². The topological polar surface area (TPSA) is 98.0 Å². The molecule has 32 heavy (non-hydrogen) atoms. The van der Waals surface area contributed by atoms with Gasteiger partial charge in [-0.15, -0.1) is 0 Å². The van der Waals surface area contributed by atoms with Crippen LogP contribution in [-0.2, 0) is 32.1 Å². The number of carbonyl (C=O) groups excluding carboxylic acids is 2. The van der Waals surface area contributed by atoms with Crippen molar-refractivity contribution >= 4 is 23.4 Å². The highest BCUT2D eigenvalue weighted by Crippen LogP contribution is 2.47. The highest BCUT2D eigenvalue weighted by atomic mass is 16.5. The number of methoxy groups -OCH3 is 1. The number of rotatable bonds is 5. The molecule has 8 heteroatoms. The summed E-state index contributed by atoms with van der Waals surface area (Å²) < 4.78 is 10.8. The molecule has 1 atom stereocenters. The van der Waals surface area contributed by atoms with Gasteiger partial charge in [0.1, 0.15) is 6.42 Å². The number of aromatic nitrogens is 1. The number of ether oxygens (including phenoxy) is 2. The summed E-state index contributed by atoms with van der Waals surface area (Å²) in [6.07, 6.45) is 5.17. The van der Waals surface area contributed by atoms with Crippen molar-refractivity contribution in [1.82, 2.24) is 9.88 Å². The van der Waals surface area contributed by atoms with Gasteiger partial charge in [0.25, 0.3) is 0 Å². The molecule has 1 amide bonds. The number of nitrogens with zero attached hydrogens (tertiary/aromatic N) is 3. The summed E-state index contributed by atoms with van der Waals surface area (Å²) in [5, 5.41) is 0. The first-order chi connectivity index (χ1) is 15.3. The van der Waals surface area contributed by atoms with Crippen molar-refractivity contribution in [3.05, 3.63) is 16.8 Å². The van der Waals surface area contributed by atoms with Crippen LogP contribution in [-0.4, -0.2) is 60.1 Å². The van der Waals surface area contributed by atoms with E-state index in [1.165, 1.54) is 31.1 Å². The van der Waals surface area contributed by atoms with E-state index in [-0.39, 0.29) is 24.0 Å². The fourth-order valence-corrected chi connectivity index (χ4v) is 5.23. The van der Waals surface area contributed by atoms with E-state index in [1.807, 2.05) is 4.90 Å². The van der Waals surface area contributed by atoms with Crippen LogP contribution in [0.5, 0.6) is 0 Å². The lowest BCUT2D eigenvalue weighted by atomic mass is 9.89. The number of hydrogen-bond donors (Lipinski definition) is 1. The van der Waals surface area contributed by atoms with Crippen molar-refractivity contribution in [1.29, 1.82) is 0 Å². The van der Waals surface area contributed by atoms with Gasteiger partial charge in [-0.1, -0.05) is 0 Å². The molecule has 174 valence electrons. The van der Waals surface area contributed by atoms with Crippen LogP contribution < -0.4 is 10.6 Å². The Morgan fingerprint density at radius 2 is 1.94 bits per heavy atom. The van der Waals surface area contributed by atoms with Gasteiger partial charge in [0.2, 0.25) is 5.91 Å². The van der Waals surface area contributed by atoms with Crippen LogP contribution in [0.3, 0.4) is 0 Å². The van der Waals surface area contributed by atoms with Gasteiger partial charge in [0, 0.05) is 37.5 Å². The van der Waals surface area contributed by atoms with E-state index in [9.17, 15) is 9.59 Å². The molecular formula is C24H34N4O4. The minimum Gasteiger partial charge on any atom is -0.469 e. The Kier molecular flexibility index (Phi) is 5.31. The molecule has 1 aromatic heterocycles. The van der Waals surface area contributed by atoms with Crippen LogP contribution in [0.1, 0.15) is 68.7 Å². The minimum absolute atomic E-state index is 0.0855. The standard InChI is InChI=1S/C24H34N4O4/c1-24(2)11-16-17(13-32-24)22(15-6-7-15)26-23(21(16)25)27-8-9-28(18(12-27)14-4-5-14)19(29)10-20(30)31-3/h14-15,18H,4-13,25H2,1-3H3/t18-/m0/s1. The molecule has 1 aromatic rings. The number of nitrogen functional groups attached to an aromatic ring is 1. The maximum atomic E-state index is 12.8. The van der Waals surface area contributed by atoms with Crippen LogP contribution in [0.2, 0.25) is 0 Å². The Hall–Kier alpha value is -2.35. The van der Waals surface area contributed by atoms with Crippen molar-refractivity contribution in [3.63, 3.8) is 0 Å². The first kappa shape index (κ1) is 21.5. The summed E-state index contributed by atoms with van der Waals surface area (Å²) in [4.78, 5) is 33.7. The molecule has 3 fully saturated rings. The van der Waals surface area contributed by atoms with Gasteiger partial charge < -0.3 is 25.0 Å². The quantitative estimate of drug-likeness (QED) is 0.552. The Balaban J connectivity index is 1.43. The number of anilines is 2. The molecule has 1 saturated heterocycles. The third kappa shape index (κ3) is 4.05. The van der Waals surface area contributed by atoms with Crippen molar-refractivity contribution < 1.29 is 19.1 Å². The SMILES string of the molecule is COC(=O)CC(=O)N1CCN(c2nc(C3CC3)c3c(c2N)CC(C)(C)OC3)C[C@H]1C1CC1. The summed E-state index contributed by atoms with van der Waals surface area (Å²) in [7, 11) is 1.32. The Labute approximate surface area is 189 Å². The number of pyridine rings is 1. The highest BCUT2D eigenvalue weighted by molar-refractivity contribution is 5.94. The molecule has 0 aromatic carbocycles. The highest BCUT2D eigenvalue weighted by Gasteiger charge is 2.43. The number of esters is 1.